The van der Waals surface area contributed by atoms with Crippen molar-refractivity contribution in [2.45, 2.75) is 61.7 Å². The van der Waals surface area contributed by atoms with Gasteiger partial charge in [0.15, 0.2) is 6.04 Å². The van der Waals surface area contributed by atoms with Gasteiger partial charge in [-0.3, -0.25) is 9.79 Å². The minimum Gasteiger partial charge on any atom is -0.480 e. The number of hydrogen-bond donors (Lipinski definition) is 1. The molecule has 0 spiro atoms. The molecule has 7 heteroatoms. The van der Waals surface area contributed by atoms with Crippen molar-refractivity contribution in [2.75, 3.05) is 13.1 Å². The molecule has 3 atom stereocenters. The average Bonchev–Trinajstić information content (AvgIpc) is 2.60. The van der Waals surface area contributed by atoms with E-state index in [1.54, 1.807) is 11.8 Å². The predicted molar refractivity (Wildman–Crippen MR) is 86.0 cm³/mol. The lowest BCUT2D eigenvalue weighted by Crippen LogP contribution is -2.65. The van der Waals surface area contributed by atoms with Gasteiger partial charge in [-0.2, -0.15) is 0 Å². The molecule has 3 saturated heterocycles. The molecule has 0 aliphatic carbocycles. The highest BCUT2D eigenvalue weighted by atomic mass is 32.2. The number of carboxylic acid groups (broad SMARTS) is 1. The maximum Gasteiger partial charge on any atom is 0.327 e. The van der Waals surface area contributed by atoms with Crippen LogP contribution < -0.4 is 0 Å². The zero-order chi connectivity index (χ0) is 15.9. The molecule has 3 rings (SSSR count). The van der Waals surface area contributed by atoms with E-state index >= 15 is 0 Å². The Morgan fingerprint density at radius 3 is 2.55 bits per heavy atom. The summed E-state index contributed by atoms with van der Waals surface area (Å²) in [5.41, 5.74) is 0. The van der Waals surface area contributed by atoms with E-state index in [-0.39, 0.29) is 11.3 Å². The highest BCUT2D eigenvalue weighted by molar-refractivity contribution is 8.01. The second kappa shape index (κ2) is 5.76. The molecule has 0 saturated carbocycles. The summed E-state index contributed by atoms with van der Waals surface area (Å²) in [6, 6.07) is -1.17. The Bertz CT molecular complexity index is 500. The summed E-state index contributed by atoms with van der Waals surface area (Å²) in [7, 11) is 0. The van der Waals surface area contributed by atoms with Crippen LogP contribution in [0.4, 0.5) is 0 Å². The third-order valence-electron chi connectivity index (χ3n) is 4.68. The highest BCUT2D eigenvalue weighted by Gasteiger charge is 2.63. The van der Waals surface area contributed by atoms with Crippen molar-refractivity contribution < 1.29 is 14.7 Å². The van der Waals surface area contributed by atoms with E-state index in [2.05, 4.69) is 9.89 Å². The molecule has 3 aliphatic rings. The van der Waals surface area contributed by atoms with Gasteiger partial charge in [0.2, 0.25) is 0 Å². The topological polar surface area (TPSA) is 73.2 Å². The highest BCUT2D eigenvalue weighted by Crippen LogP contribution is 2.51. The Kier molecular flexibility index (Phi) is 4.09. The number of aliphatic carboxylic acids is 1. The monoisotopic (exact) mass is 325 g/mol. The number of amides is 1. The Labute approximate surface area is 134 Å². The molecule has 0 radical (unpaired) electrons. The van der Waals surface area contributed by atoms with Crippen LogP contribution in [0.5, 0.6) is 0 Å². The van der Waals surface area contributed by atoms with Crippen molar-refractivity contribution in [3.8, 4) is 0 Å². The molecule has 6 nitrogen and oxygen atoms in total. The molecule has 0 bridgehead atoms. The van der Waals surface area contributed by atoms with Crippen LogP contribution >= 0.6 is 11.8 Å². The van der Waals surface area contributed by atoms with Gasteiger partial charge < -0.3 is 14.9 Å². The second-order valence-corrected chi connectivity index (χ2v) is 8.53. The lowest BCUT2D eigenvalue weighted by atomic mass is 9.96. The van der Waals surface area contributed by atoms with Gasteiger partial charge in [0.05, 0.1) is 6.34 Å². The minimum atomic E-state index is -0.928. The van der Waals surface area contributed by atoms with Gasteiger partial charge in [0.1, 0.15) is 11.4 Å². The predicted octanol–water partition coefficient (Wildman–Crippen LogP) is 1.41. The molecule has 0 aromatic carbocycles. The summed E-state index contributed by atoms with van der Waals surface area (Å²) in [6.45, 7) is 5.76. The van der Waals surface area contributed by atoms with Crippen molar-refractivity contribution in [2.24, 2.45) is 4.99 Å². The largest absolute Gasteiger partial charge is 0.480 e. The first kappa shape index (κ1) is 15.6. The number of aliphatic imine (C=N–C) groups is 1. The number of rotatable bonds is 3. The van der Waals surface area contributed by atoms with E-state index in [0.29, 0.717) is 0 Å². The molecule has 1 unspecified atom stereocenters. The van der Waals surface area contributed by atoms with Crippen molar-refractivity contribution in [3.63, 3.8) is 0 Å². The third kappa shape index (κ3) is 2.59. The summed E-state index contributed by atoms with van der Waals surface area (Å²) < 4.78 is -0.473. The quantitative estimate of drug-likeness (QED) is 0.482. The standard InChI is InChI=1S/C15H23N3O3S/c1-15(2)11(14(20)21)18-12(19)10(13(18)22-15)16-9-17-7-5-3-4-6-8-17/h9-11,13H,3-8H2,1-2H3,(H,20,21)/t10-,11+,13?/m0/s1. The first-order chi connectivity index (χ1) is 10.4. The van der Waals surface area contributed by atoms with Crippen molar-refractivity contribution in [1.29, 1.82) is 0 Å². The van der Waals surface area contributed by atoms with E-state index < -0.39 is 22.8 Å². The van der Waals surface area contributed by atoms with Crippen LogP contribution in [0, 0.1) is 0 Å². The van der Waals surface area contributed by atoms with E-state index in [9.17, 15) is 14.7 Å². The molecular weight excluding hydrogens is 302 g/mol. The molecule has 3 heterocycles. The number of carbonyl (C=O) groups excluding carboxylic acids is 1. The van der Waals surface area contributed by atoms with Crippen molar-refractivity contribution in [3.05, 3.63) is 0 Å². The van der Waals surface area contributed by atoms with Crippen LogP contribution in [-0.2, 0) is 9.59 Å². The molecule has 0 aromatic heterocycles. The van der Waals surface area contributed by atoms with Crippen molar-refractivity contribution >= 4 is 30.0 Å². The van der Waals surface area contributed by atoms with Gasteiger partial charge in [-0.1, -0.05) is 12.8 Å². The van der Waals surface area contributed by atoms with Crippen molar-refractivity contribution in [1.82, 2.24) is 9.80 Å². The average molecular weight is 325 g/mol. The van der Waals surface area contributed by atoms with Gasteiger partial charge in [0, 0.05) is 17.8 Å². The molecule has 0 aromatic rings. The number of fused-ring (bicyclic) bond motifs is 1. The summed E-state index contributed by atoms with van der Waals surface area (Å²) in [4.78, 5) is 31.9. The van der Waals surface area contributed by atoms with Gasteiger partial charge in [-0.05, 0) is 26.7 Å². The van der Waals surface area contributed by atoms with Gasteiger partial charge in [0.25, 0.3) is 5.91 Å². The summed E-state index contributed by atoms with van der Waals surface area (Å²) in [5, 5.41) is 9.25. The molecule has 22 heavy (non-hydrogen) atoms. The molecule has 3 fully saturated rings. The number of β-lactam (4-membered cyclic amide) rings is 1. The zero-order valence-electron chi connectivity index (χ0n) is 13.1. The maximum atomic E-state index is 12.3. The SMILES string of the molecule is CC1(C)SC2[C@@H](N=CN3CCCCCC3)C(=O)N2[C@@H]1C(=O)O. The lowest BCUT2D eigenvalue weighted by molar-refractivity contribution is -0.158. The number of thioether (sulfide) groups is 1. The van der Waals surface area contributed by atoms with Crippen LogP contribution in [0.3, 0.4) is 0 Å². The lowest BCUT2D eigenvalue weighted by Gasteiger charge is -2.41. The van der Waals surface area contributed by atoms with Crippen LogP contribution in [0.1, 0.15) is 39.5 Å². The van der Waals surface area contributed by atoms with Gasteiger partial charge >= 0.3 is 5.97 Å². The fraction of sp³-hybridized carbons (Fsp3) is 0.800. The first-order valence-electron chi connectivity index (χ1n) is 7.92. The Hall–Kier alpha value is -1.24. The fourth-order valence-corrected chi connectivity index (χ4v) is 5.13. The molecule has 122 valence electrons. The maximum absolute atomic E-state index is 12.3. The first-order valence-corrected chi connectivity index (χ1v) is 8.80. The smallest absolute Gasteiger partial charge is 0.327 e. The van der Waals surface area contributed by atoms with Crippen LogP contribution in [-0.4, -0.2) is 68.4 Å². The Balaban J connectivity index is 1.68. The van der Waals surface area contributed by atoms with E-state index in [0.717, 1.165) is 13.1 Å². The summed E-state index contributed by atoms with van der Waals surface area (Å²) >= 11 is 1.55. The van der Waals surface area contributed by atoms with Gasteiger partial charge in [-0.15, -0.1) is 11.8 Å². The minimum absolute atomic E-state index is 0.133. The van der Waals surface area contributed by atoms with E-state index in [1.165, 1.54) is 30.6 Å². The molecule has 3 aliphatic heterocycles. The number of likely N-dealkylation sites (tertiary alicyclic amines) is 1. The van der Waals surface area contributed by atoms with Crippen LogP contribution in [0.15, 0.2) is 4.99 Å². The third-order valence-corrected chi connectivity index (χ3v) is 6.24. The van der Waals surface area contributed by atoms with E-state index in [4.69, 9.17) is 0 Å². The number of carboxylic acids is 1. The Morgan fingerprint density at radius 1 is 1.32 bits per heavy atom. The molecular formula is C15H23N3O3S. The number of nitrogens with zero attached hydrogens (tertiary/aromatic N) is 3. The number of hydrogen-bond acceptors (Lipinski definition) is 4. The van der Waals surface area contributed by atoms with Crippen LogP contribution in [0.25, 0.3) is 0 Å². The van der Waals surface area contributed by atoms with Gasteiger partial charge in [-0.25, -0.2) is 4.79 Å². The fourth-order valence-electron chi connectivity index (χ4n) is 3.51. The molecule has 1 amide bonds. The Morgan fingerprint density at radius 2 is 1.95 bits per heavy atom. The normalized spacial score (nSPS) is 34.5. The summed E-state index contributed by atoms with van der Waals surface area (Å²) in [6.07, 6.45) is 6.67. The van der Waals surface area contributed by atoms with Crippen LogP contribution in [0.2, 0.25) is 0 Å². The van der Waals surface area contributed by atoms with E-state index in [1.807, 2.05) is 20.2 Å². The summed E-state index contributed by atoms with van der Waals surface area (Å²) in [5.74, 6) is -1.08. The number of carbonyl (C=O) groups is 2. The molecule has 1 N–H and O–H groups in total. The second-order valence-electron chi connectivity index (χ2n) is 6.76. The zero-order valence-corrected chi connectivity index (χ0v) is 13.9.